The fourth-order valence-electron chi connectivity index (χ4n) is 1.71. The zero-order chi connectivity index (χ0) is 17.4. The minimum Gasteiger partial charge on any atom is -0.451 e. The van der Waals surface area contributed by atoms with Gasteiger partial charge in [-0.3, -0.25) is 0 Å². The molecular formula is C14H12F2O5S2. The molecule has 0 radical (unpaired) electrons. The van der Waals surface area contributed by atoms with Crippen LogP contribution >= 0.6 is 0 Å². The molecule has 0 N–H and O–H groups in total. The first kappa shape index (κ1) is 17.4. The van der Waals surface area contributed by atoms with E-state index >= 15 is 0 Å². The minimum atomic E-state index is -3.58. The maximum Gasteiger partial charge on any atom is 0.175 e. The number of rotatable bonds is 4. The molecule has 0 aliphatic heterocycles. The van der Waals surface area contributed by atoms with Gasteiger partial charge < -0.3 is 4.74 Å². The van der Waals surface area contributed by atoms with E-state index in [1.54, 1.807) is 0 Å². The number of hydrogen-bond acceptors (Lipinski definition) is 5. The minimum absolute atomic E-state index is 0.241. The first-order valence-electron chi connectivity index (χ1n) is 6.15. The van der Waals surface area contributed by atoms with Gasteiger partial charge in [-0.25, -0.2) is 25.6 Å². The van der Waals surface area contributed by atoms with Crippen LogP contribution in [0.25, 0.3) is 0 Å². The highest BCUT2D eigenvalue weighted by molar-refractivity contribution is 7.91. The van der Waals surface area contributed by atoms with Crippen molar-refractivity contribution in [3.8, 4) is 11.5 Å². The van der Waals surface area contributed by atoms with Crippen molar-refractivity contribution in [3.05, 3.63) is 48.0 Å². The van der Waals surface area contributed by atoms with Crippen LogP contribution in [0.2, 0.25) is 0 Å². The Hall–Kier alpha value is -2.00. The topological polar surface area (TPSA) is 77.5 Å². The van der Waals surface area contributed by atoms with Crippen LogP contribution in [0.1, 0.15) is 0 Å². The Balaban J connectivity index is 2.37. The lowest BCUT2D eigenvalue weighted by Gasteiger charge is -2.09. The Morgan fingerprint density at radius 3 is 1.35 bits per heavy atom. The molecule has 0 aliphatic carbocycles. The van der Waals surface area contributed by atoms with Crippen molar-refractivity contribution in [2.45, 2.75) is 9.79 Å². The number of benzene rings is 2. The van der Waals surface area contributed by atoms with E-state index in [1.807, 2.05) is 0 Å². The predicted octanol–water partition coefficient (Wildman–Crippen LogP) is 2.56. The second kappa shape index (κ2) is 5.89. The van der Waals surface area contributed by atoms with Gasteiger partial charge in [-0.2, -0.15) is 0 Å². The van der Waals surface area contributed by atoms with Crippen molar-refractivity contribution >= 4 is 19.7 Å². The van der Waals surface area contributed by atoms with Gasteiger partial charge in [0.2, 0.25) is 0 Å². The Kier molecular flexibility index (Phi) is 4.45. The Labute approximate surface area is 132 Å². The average Bonchev–Trinajstić information content (AvgIpc) is 2.40. The first-order valence-corrected chi connectivity index (χ1v) is 9.94. The van der Waals surface area contributed by atoms with Crippen molar-refractivity contribution in [1.29, 1.82) is 0 Å². The third-order valence-corrected chi connectivity index (χ3v) is 5.10. The van der Waals surface area contributed by atoms with Gasteiger partial charge in [-0.05, 0) is 36.4 Å². The molecule has 0 spiro atoms. The molecule has 0 unspecified atom stereocenters. The van der Waals surface area contributed by atoms with E-state index in [2.05, 4.69) is 0 Å². The van der Waals surface area contributed by atoms with Crippen molar-refractivity contribution in [2.24, 2.45) is 0 Å². The molecule has 0 amide bonds. The number of sulfone groups is 2. The molecule has 0 aliphatic rings. The van der Waals surface area contributed by atoms with Crippen molar-refractivity contribution < 1.29 is 30.4 Å². The van der Waals surface area contributed by atoms with Crippen LogP contribution in [0.15, 0.2) is 46.2 Å². The van der Waals surface area contributed by atoms with Crippen molar-refractivity contribution in [2.75, 3.05) is 12.5 Å². The lowest BCUT2D eigenvalue weighted by Crippen LogP contribution is -2.00. The van der Waals surface area contributed by atoms with Gasteiger partial charge in [0.1, 0.15) is 0 Å². The van der Waals surface area contributed by atoms with Crippen LogP contribution < -0.4 is 4.74 Å². The summed E-state index contributed by atoms with van der Waals surface area (Å²) in [5.74, 6) is -2.74. The second-order valence-electron chi connectivity index (χ2n) is 4.83. The monoisotopic (exact) mass is 362 g/mol. The molecule has 0 saturated heterocycles. The molecule has 0 heterocycles. The van der Waals surface area contributed by atoms with Crippen LogP contribution in [0.5, 0.6) is 11.5 Å². The number of halogens is 2. The lowest BCUT2D eigenvalue weighted by molar-refractivity contribution is 0.412. The summed E-state index contributed by atoms with van der Waals surface area (Å²) in [5.41, 5.74) is 0. The largest absolute Gasteiger partial charge is 0.451 e. The molecule has 2 rings (SSSR count). The molecule has 2 aromatic rings. The molecule has 23 heavy (non-hydrogen) atoms. The van der Waals surface area contributed by atoms with E-state index in [1.165, 1.54) is 0 Å². The van der Waals surface area contributed by atoms with E-state index in [9.17, 15) is 25.6 Å². The maximum absolute atomic E-state index is 13.9. The van der Waals surface area contributed by atoms with Crippen LogP contribution in [-0.4, -0.2) is 29.3 Å². The molecule has 5 nitrogen and oxygen atoms in total. The third-order valence-electron chi connectivity index (χ3n) is 2.88. The predicted molar refractivity (Wildman–Crippen MR) is 79.1 cm³/mol. The summed E-state index contributed by atoms with van der Waals surface area (Å²) >= 11 is 0. The third kappa shape index (κ3) is 4.05. The zero-order valence-electron chi connectivity index (χ0n) is 12.1. The van der Waals surface area contributed by atoms with Gasteiger partial charge in [-0.1, -0.05) is 0 Å². The molecule has 0 bridgehead atoms. The Bertz CT molecular complexity index is 887. The van der Waals surface area contributed by atoms with Crippen LogP contribution in [0.3, 0.4) is 0 Å². The highest BCUT2D eigenvalue weighted by Gasteiger charge is 2.16. The summed E-state index contributed by atoms with van der Waals surface area (Å²) in [6.07, 6.45) is 1.85. The van der Waals surface area contributed by atoms with Crippen molar-refractivity contribution in [1.82, 2.24) is 0 Å². The van der Waals surface area contributed by atoms with Gasteiger partial charge in [-0.15, -0.1) is 0 Å². The molecule has 2 aromatic carbocycles. The maximum atomic E-state index is 13.9. The summed E-state index contributed by atoms with van der Waals surface area (Å²) in [5, 5.41) is 0. The van der Waals surface area contributed by atoms with Gasteiger partial charge >= 0.3 is 0 Å². The summed E-state index contributed by atoms with van der Waals surface area (Å²) < 4.78 is 78.0. The Morgan fingerprint density at radius 1 is 0.739 bits per heavy atom. The van der Waals surface area contributed by atoms with Crippen LogP contribution in [-0.2, 0) is 19.7 Å². The van der Waals surface area contributed by atoms with E-state index in [-0.39, 0.29) is 21.3 Å². The lowest BCUT2D eigenvalue weighted by atomic mass is 10.3. The fraction of sp³-hybridized carbons (Fsp3) is 0.143. The highest BCUT2D eigenvalue weighted by atomic mass is 32.2. The van der Waals surface area contributed by atoms with Crippen LogP contribution in [0.4, 0.5) is 8.78 Å². The Morgan fingerprint density at radius 2 is 1.09 bits per heavy atom. The normalized spacial score (nSPS) is 12.2. The zero-order valence-corrected chi connectivity index (χ0v) is 13.7. The number of ether oxygens (including phenoxy) is 1. The molecule has 0 saturated carbocycles. The summed E-state index contributed by atoms with van der Waals surface area (Å²) in [4.78, 5) is -0.481. The highest BCUT2D eigenvalue weighted by Crippen LogP contribution is 2.29. The molecule has 0 fully saturated rings. The van der Waals surface area contributed by atoms with Gasteiger partial charge in [0, 0.05) is 12.5 Å². The molecule has 9 heteroatoms. The van der Waals surface area contributed by atoms with Crippen molar-refractivity contribution in [3.63, 3.8) is 0 Å². The second-order valence-corrected chi connectivity index (χ2v) is 8.86. The average molecular weight is 362 g/mol. The summed E-state index contributed by atoms with van der Waals surface area (Å²) in [6.45, 7) is 0. The van der Waals surface area contributed by atoms with E-state index in [0.29, 0.717) is 0 Å². The SMILES string of the molecule is CS(=O)(=O)c1ccc(Oc2ccc(S(C)(=O)=O)cc2F)c(F)c1. The van der Waals surface area contributed by atoms with E-state index in [0.717, 1.165) is 48.9 Å². The van der Waals surface area contributed by atoms with Gasteiger partial charge in [0.25, 0.3) is 0 Å². The molecule has 124 valence electrons. The number of hydrogen-bond donors (Lipinski definition) is 0. The molecule has 0 aromatic heterocycles. The van der Waals surface area contributed by atoms with Crippen LogP contribution in [0, 0.1) is 11.6 Å². The van der Waals surface area contributed by atoms with Gasteiger partial charge in [0.05, 0.1) is 9.79 Å². The standard InChI is InChI=1S/C14H12F2O5S2/c1-22(17,18)9-3-5-13(11(15)7-9)21-14-6-4-10(8-12(14)16)23(2,19)20/h3-8H,1-2H3. The summed E-state index contributed by atoms with van der Waals surface area (Å²) in [6, 6.07) is 5.86. The fourth-order valence-corrected chi connectivity index (χ4v) is 2.97. The van der Waals surface area contributed by atoms with E-state index < -0.39 is 31.3 Å². The van der Waals surface area contributed by atoms with E-state index in [4.69, 9.17) is 4.74 Å². The molecule has 0 atom stereocenters. The quantitative estimate of drug-likeness (QED) is 0.835. The van der Waals surface area contributed by atoms with Gasteiger partial charge in [0.15, 0.2) is 42.8 Å². The first-order chi connectivity index (χ1) is 10.5. The smallest absolute Gasteiger partial charge is 0.175 e. The molecular weight excluding hydrogens is 350 g/mol. The summed E-state index contributed by atoms with van der Waals surface area (Å²) in [7, 11) is -7.16.